The third kappa shape index (κ3) is 9.65. The fourth-order valence-corrected chi connectivity index (χ4v) is 4.94. The molecule has 13 nitrogen and oxygen atoms in total. The number of hydrogen-bond donors (Lipinski definition) is 1. The fourth-order valence-electron chi connectivity index (χ4n) is 4.94. The zero-order valence-electron chi connectivity index (χ0n) is 29.1. The van der Waals surface area contributed by atoms with Crippen molar-refractivity contribution in [2.75, 3.05) is 21.2 Å². The quantitative estimate of drug-likeness (QED) is 0.192. The Balaban J connectivity index is 1.71. The van der Waals surface area contributed by atoms with Gasteiger partial charge in [0.15, 0.2) is 23.2 Å². The average molecular weight is 708 g/mol. The van der Waals surface area contributed by atoms with Gasteiger partial charge < -0.3 is 29.0 Å². The van der Waals surface area contributed by atoms with Gasteiger partial charge in [0.1, 0.15) is 28.2 Å². The molecule has 0 unspecified atom stereocenters. The lowest BCUT2D eigenvalue weighted by Crippen LogP contribution is -2.42. The average Bonchev–Trinajstić information content (AvgIpc) is 3.45. The van der Waals surface area contributed by atoms with Crippen LogP contribution in [0.1, 0.15) is 45.0 Å². The molecule has 2 aromatic heterocycles. The summed E-state index contributed by atoms with van der Waals surface area (Å²) in [7, 11) is 4.32. The van der Waals surface area contributed by atoms with Crippen molar-refractivity contribution >= 4 is 34.9 Å². The largest absolute Gasteiger partial charge is 0.453 e. The molecule has 51 heavy (non-hydrogen) atoms. The van der Waals surface area contributed by atoms with Gasteiger partial charge in [-0.3, -0.25) is 14.4 Å². The molecule has 0 aliphatic carbocycles. The van der Waals surface area contributed by atoms with E-state index in [1.165, 1.54) is 29.3 Å². The van der Waals surface area contributed by atoms with Gasteiger partial charge >= 0.3 is 12.2 Å². The van der Waals surface area contributed by atoms with Crippen LogP contribution in [-0.2, 0) is 32.0 Å². The number of nitrogens with one attached hydrogen (secondary N) is 1. The summed E-state index contributed by atoms with van der Waals surface area (Å²) in [6, 6.07) is 10.6. The van der Waals surface area contributed by atoms with Crippen LogP contribution in [0.4, 0.5) is 18.4 Å². The third-order valence-electron chi connectivity index (χ3n) is 7.36. The molecule has 1 N–H and O–H groups in total. The molecule has 4 aromatic rings. The molecule has 2 amide bonds. The molecule has 0 saturated carbocycles. The maximum Gasteiger partial charge on any atom is 0.420 e. The molecular formula is C36H39F2N5O8. The number of pyridine rings is 1. The Kier molecular flexibility index (Phi) is 12.1. The zero-order chi connectivity index (χ0) is 37.5. The van der Waals surface area contributed by atoms with E-state index < -0.39 is 71.0 Å². The van der Waals surface area contributed by atoms with E-state index in [-0.39, 0.29) is 41.4 Å². The first-order chi connectivity index (χ1) is 24.1. The van der Waals surface area contributed by atoms with E-state index in [0.717, 1.165) is 16.2 Å². The van der Waals surface area contributed by atoms with Crippen LogP contribution >= 0.6 is 0 Å². The minimum atomic E-state index is -1.12. The van der Waals surface area contributed by atoms with Gasteiger partial charge in [0.2, 0.25) is 5.91 Å². The Bertz CT molecular complexity index is 2020. The number of carbonyl (C=O) groups excluding carboxylic acids is 4. The molecule has 2 heterocycles. The second-order valence-corrected chi connectivity index (χ2v) is 12.6. The van der Waals surface area contributed by atoms with Gasteiger partial charge in [0.25, 0.3) is 5.56 Å². The Morgan fingerprint density at radius 3 is 2.39 bits per heavy atom. The fraction of sp³-hybridized carbons (Fsp3) is 0.333. The summed E-state index contributed by atoms with van der Waals surface area (Å²) in [4.78, 5) is 70.2. The number of nitrogens with zero attached hydrogens (tertiary/aromatic N) is 4. The number of aromatic nitrogens is 3. The Morgan fingerprint density at radius 1 is 1.04 bits per heavy atom. The van der Waals surface area contributed by atoms with Crippen molar-refractivity contribution in [1.82, 2.24) is 24.3 Å². The molecule has 0 bridgehead atoms. The van der Waals surface area contributed by atoms with E-state index in [9.17, 15) is 24.0 Å². The SMILES string of the molecule is COC(=O)N[C@@H](CC/C=C/C(=O)N(C)C)C(=O)Cc1cccn(Cc2nc3c(Oc4ccccc4)c(F)cc(F)c3n2C(=O)OC(C)(C)C)c1=O. The number of methoxy groups -OCH3 is 1. The molecule has 0 aliphatic heterocycles. The van der Waals surface area contributed by atoms with Crippen LogP contribution in [0.3, 0.4) is 0 Å². The predicted molar refractivity (Wildman–Crippen MR) is 183 cm³/mol. The van der Waals surface area contributed by atoms with Crippen LogP contribution in [-0.4, -0.2) is 75.7 Å². The standard InChI is InChI=1S/C36H39F2N5O8/c1-36(2,3)51-35(48)43-28(40-30-31(43)24(37)20-25(38)32(30)50-23-14-8-7-9-15-23)21-42-18-12-13-22(33(42)46)19-27(44)26(39-34(47)49-6)16-10-11-17-29(45)41(4)5/h7-9,11-15,17-18,20,26H,10,16,19,21H2,1-6H3,(H,39,47)/b17-11+/t26-/m0/s1. The van der Waals surface area contributed by atoms with Crippen molar-refractivity contribution < 1.29 is 42.2 Å². The number of fused-ring (bicyclic) bond motifs is 1. The number of ketones is 1. The molecule has 1 atom stereocenters. The summed E-state index contributed by atoms with van der Waals surface area (Å²) < 4.78 is 48.6. The number of para-hydroxylation sites is 1. The minimum absolute atomic E-state index is 0.0442. The number of ether oxygens (including phenoxy) is 3. The molecule has 0 saturated heterocycles. The van der Waals surface area contributed by atoms with Crippen LogP contribution in [0.15, 0.2) is 71.7 Å². The van der Waals surface area contributed by atoms with E-state index in [1.54, 1.807) is 71.3 Å². The first kappa shape index (κ1) is 38.0. The summed E-state index contributed by atoms with van der Waals surface area (Å²) in [6.07, 6.45) is 2.38. The molecular weight excluding hydrogens is 668 g/mol. The number of benzene rings is 2. The first-order valence-corrected chi connectivity index (χ1v) is 15.9. The first-order valence-electron chi connectivity index (χ1n) is 15.9. The second-order valence-electron chi connectivity index (χ2n) is 12.6. The number of hydrogen-bond acceptors (Lipinski definition) is 9. The van der Waals surface area contributed by atoms with E-state index in [4.69, 9.17) is 9.47 Å². The van der Waals surface area contributed by atoms with Gasteiger partial charge in [0.05, 0.1) is 19.7 Å². The highest BCUT2D eigenvalue weighted by Crippen LogP contribution is 2.35. The van der Waals surface area contributed by atoms with Gasteiger partial charge in [-0.15, -0.1) is 0 Å². The Hall–Kier alpha value is -5.86. The highest BCUT2D eigenvalue weighted by atomic mass is 19.1. The lowest BCUT2D eigenvalue weighted by Gasteiger charge is -2.20. The number of likely N-dealkylation sites (N-methyl/N-ethyl adjacent to an activating group) is 1. The minimum Gasteiger partial charge on any atom is -0.453 e. The summed E-state index contributed by atoms with van der Waals surface area (Å²) in [6.45, 7) is 4.40. The maximum atomic E-state index is 15.5. The molecule has 0 radical (unpaired) electrons. The molecule has 270 valence electrons. The number of halogens is 2. The van der Waals surface area contributed by atoms with Crippen LogP contribution in [0.25, 0.3) is 11.0 Å². The van der Waals surface area contributed by atoms with Crippen LogP contribution in [0, 0.1) is 11.6 Å². The van der Waals surface area contributed by atoms with E-state index in [0.29, 0.717) is 6.07 Å². The van der Waals surface area contributed by atoms with E-state index in [2.05, 4.69) is 15.0 Å². The normalized spacial score (nSPS) is 12.1. The summed E-state index contributed by atoms with van der Waals surface area (Å²) in [5, 5.41) is 2.47. The van der Waals surface area contributed by atoms with Crippen LogP contribution < -0.4 is 15.6 Å². The van der Waals surface area contributed by atoms with Crippen molar-refractivity contribution in [2.45, 2.75) is 58.2 Å². The highest BCUT2D eigenvalue weighted by Gasteiger charge is 2.29. The molecule has 15 heteroatoms. The van der Waals surface area contributed by atoms with Crippen molar-refractivity contribution in [3.8, 4) is 11.5 Å². The highest BCUT2D eigenvalue weighted by molar-refractivity contribution is 5.92. The number of amides is 2. The Labute approximate surface area is 292 Å². The van der Waals surface area contributed by atoms with Crippen molar-refractivity contribution in [3.05, 3.63) is 100 Å². The van der Waals surface area contributed by atoms with Crippen LogP contribution in [0.2, 0.25) is 0 Å². The monoisotopic (exact) mass is 707 g/mol. The predicted octanol–water partition coefficient (Wildman–Crippen LogP) is 5.36. The molecule has 0 fully saturated rings. The van der Waals surface area contributed by atoms with Crippen molar-refractivity contribution in [1.29, 1.82) is 0 Å². The number of alkyl carbamates (subject to hydrolysis) is 1. The van der Waals surface area contributed by atoms with Gasteiger partial charge in [0, 0.05) is 38.3 Å². The summed E-state index contributed by atoms with van der Waals surface area (Å²) in [5.74, 6) is -3.36. The maximum absolute atomic E-state index is 15.5. The second kappa shape index (κ2) is 16.2. The van der Waals surface area contributed by atoms with Gasteiger partial charge in [-0.2, -0.15) is 0 Å². The number of allylic oxidation sites excluding steroid dienone is 1. The van der Waals surface area contributed by atoms with Gasteiger partial charge in [-0.1, -0.05) is 30.3 Å². The van der Waals surface area contributed by atoms with Gasteiger partial charge in [-0.05, 0) is 57.9 Å². The zero-order valence-corrected chi connectivity index (χ0v) is 29.1. The lowest BCUT2D eigenvalue weighted by atomic mass is 10.0. The Morgan fingerprint density at radius 2 is 1.75 bits per heavy atom. The van der Waals surface area contributed by atoms with Crippen molar-refractivity contribution in [3.63, 3.8) is 0 Å². The molecule has 2 aromatic carbocycles. The lowest BCUT2D eigenvalue weighted by molar-refractivity contribution is -0.123. The molecule has 4 rings (SSSR count). The summed E-state index contributed by atoms with van der Waals surface area (Å²) in [5.41, 5.74) is -2.37. The number of Topliss-reactive ketones (excluding diaryl/α,β-unsaturated/α-hetero) is 1. The topological polar surface area (TPSA) is 151 Å². The third-order valence-corrected chi connectivity index (χ3v) is 7.36. The van der Waals surface area contributed by atoms with Crippen molar-refractivity contribution in [2.24, 2.45) is 0 Å². The number of carbonyl (C=O) groups is 4. The molecule has 0 aliphatic rings. The number of imidazole rings is 1. The summed E-state index contributed by atoms with van der Waals surface area (Å²) >= 11 is 0. The number of rotatable bonds is 12. The van der Waals surface area contributed by atoms with Gasteiger partial charge in [-0.25, -0.2) is 27.9 Å². The van der Waals surface area contributed by atoms with Crippen LogP contribution in [0.5, 0.6) is 11.5 Å². The van der Waals surface area contributed by atoms with E-state index >= 15 is 8.78 Å². The molecule has 0 spiro atoms. The van der Waals surface area contributed by atoms with E-state index in [1.807, 2.05) is 0 Å². The smallest absolute Gasteiger partial charge is 0.420 e.